The number of carbonyl (C=O) groups is 1. The molecule has 0 saturated carbocycles. The van der Waals surface area contributed by atoms with Crippen LogP contribution >= 0.6 is 0 Å². The molecule has 0 saturated heterocycles. The van der Waals surface area contributed by atoms with E-state index in [4.69, 9.17) is 4.74 Å². The quantitative estimate of drug-likeness (QED) is 0.659. The Labute approximate surface area is 135 Å². The Morgan fingerprint density at radius 1 is 1.17 bits per heavy atom. The SMILES string of the molecule is Cc1cccc(OCC(=O)N/N=C\c2cccc(C)c2O)c1C. The topological polar surface area (TPSA) is 70.9 Å². The molecular formula is C18H20N2O3. The minimum atomic E-state index is -0.366. The predicted octanol–water partition coefficient (Wildman–Crippen LogP) is 2.85. The molecule has 0 spiro atoms. The smallest absolute Gasteiger partial charge is 0.277 e. The Morgan fingerprint density at radius 2 is 1.87 bits per heavy atom. The summed E-state index contributed by atoms with van der Waals surface area (Å²) in [4.78, 5) is 11.7. The van der Waals surface area contributed by atoms with Gasteiger partial charge in [0.1, 0.15) is 11.5 Å². The Morgan fingerprint density at radius 3 is 2.65 bits per heavy atom. The summed E-state index contributed by atoms with van der Waals surface area (Å²) in [5.74, 6) is 0.465. The zero-order valence-corrected chi connectivity index (χ0v) is 13.5. The van der Waals surface area contributed by atoms with Crippen LogP contribution in [0.5, 0.6) is 11.5 Å². The Bertz CT molecular complexity index is 739. The molecule has 0 aliphatic carbocycles. The van der Waals surface area contributed by atoms with Crippen molar-refractivity contribution in [3.63, 3.8) is 0 Å². The lowest BCUT2D eigenvalue weighted by Crippen LogP contribution is -2.24. The summed E-state index contributed by atoms with van der Waals surface area (Å²) in [7, 11) is 0. The van der Waals surface area contributed by atoms with Crippen LogP contribution in [-0.4, -0.2) is 23.8 Å². The molecule has 0 heterocycles. The van der Waals surface area contributed by atoms with Crippen LogP contribution < -0.4 is 10.2 Å². The maximum atomic E-state index is 11.7. The molecule has 0 aliphatic heterocycles. The van der Waals surface area contributed by atoms with E-state index in [0.29, 0.717) is 11.3 Å². The van der Waals surface area contributed by atoms with Gasteiger partial charge in [-0.1, -0.05) is 24.3 Å². The lowest BCUT2D eigenvalue weighted by atomic mass is 10.1. The first-order valence-electron chi connectivity index (χ1n) is 7.28. The van der Waals surface area contributed by atoms with Gasteiger partial charge in [0.15, 0.2) is 6.61 Å². The number of aryl methyl sites for hydroxylation is 2. The van der Waals surface area contributed by atoms with Crippen LogP contribution in [0.2, 0.25) is 0 Å². The van der Waals surface area contributed by atoms with Gasteiger partial charge in [-0.2, -0.15) is 5.10 Å². The summed E-state index contributed by atoms with van der Waals surface area (Å²) in [6.07, 6.45) is 1.40. The second-order valence-corrected chi connectivity index (χ2v) is 5.29. The van der Waals surface area contributed by atoms with Crippen LogP contribution in [0.15, 0.2) is 41.5 Å². The Hall–Kier alpha value is -2.82. The number of hydrazone groups is 1. The number of nitrogens with one attached hydrogen (secondary N) is 1. The van der Waals surface area contributed by atoms with Gasteiger partial charge >= 0.3 is 0 Å². The molecule has 2 aromatic rings. The molecule has 2 rings (SSSR count). The molecule has 0 atom stereocenters. The number of carbonyl (C=O) groups excluding carboxylic acids is 1. The minimum absolute atomic E-state index is 0.124. The number of aromatic hydroxyl groups is 1. The second kappa shape index (κ2) is 7.45. The first-order valence-corrected chi connectivity index (χ1v) is 7.28. The summed E-state index contributed by atoms with van der Waals surface area (Å²) < 4.78 is 5.49. The summed E-state index contributed by atoms with van der Waals surface area (Å²) in [5, 5.41) is 13.7. The average Bonchev–Trinajstić information content (AvgIpc) is 2.53. The van der Waals surface area contributed by atoms with Crippen molar-refractivity contribution in [2.45, 2.75) is 20.8 Å². The van der Waals surface area contributed by atoms with E-state index in [2.05, 4.69) is 10.5 Å². The second-order valence-electron chi connectivity index (χ2n) is 5.29. The Kier molecular flexibility index (Phi) is 5.36. The number of amides is 1. The number of nitrogens with zero attached hydrogens (tertiary/aromatic N) is 1. The normalized spacial score (nSPS) is 10.7. The number of benzene rings is 2. The molecule has 2 N–H and O–H groups in total. The van der Waals surface area contributed by atoms with E-state index in [0.717, 1.165) is 16.7 Å². The molecule has 5 heteroatoms. The first kappa shape index (κ1) is 16.5. The summed E-state index contributed by atoms with van der Waals surface area (Å²) in [6, 6.07) is 11.0. The number of rotatable bonds is 5. The fraction of sp³-hybridized carbons (Fsp3) is 0.222. The summed E-state index contributed by atoms with van der Waals surface area (Å²) in [6.45, 7) is 5.60. The maximum absolute atomic E-state index is 11.7. The molecule has 0 radical (unpaired) electrons. The number of phenols is 1. The third-order valence-electron chi connectivity index (χ3n) is 3.58. The van der Waals surface area contributed by atoms with Gasteiger partial charge in [0.25, 0.3) is 5.91 Å². The lowest BCUT2D eigenvalue weighted by molar-refractivity contribution is -0.123. The highest BCUT2D eigenvalue weighted by molar-refractivity contribution is 5.85. The van der Waals surface area contributed by atoms with Crippen molar-refractivity contribution >= 4 is 12.1 Å². The van der Waals surface area contributed by atoms with Crippen LogP contribution in [0, 0.1) is 20.8 Å². The number of phenolic OH excluding ortho intramolecular Hbond substituents is 1. The molecule has 0 aliphatic rings. The molecule has 0 bridgehead atoms. The molecule has 23 heavy (non-hydrogen) atoms. The summed E-state index contributed by atoms with van der Waals surface area (Å²) >= 11 is 0. The van der Waals surface area contributed by atoms with Crippen molar-refractivity contribution in [3.8, 4) is 11.5 Å². The van der Waals surface area contributed by atoms with E-state index in [-0.39, 0.29) is 18.3 Å². The predicted molar refractivity (Wildman–Crippen MR) is 90.0 cm³/mol. The molecule has 1 amide bonds. The van der Waals surface area contributed by atoms with Gasteiger partial charge in [-0.25, -0.2) is 5.43 Å². The monoisotopic (exact) mass is 312 g/mol. The van der Waals surface area contributed by atoms with Gasteiger partial charge in [0.2, 0.25) is 0 Å². The van der Waals surface area contributed by atoms with E-state index in [1.807, 2.05) is 38.1 Å². The van der Waals surface area contributed by atoms with Crippen LogP contribution in [-0.2, 0) is 4.79 Å². The van der Waals surface area contributed by atoms with E-state index >= 15 is 0 Å². The van der Waals surface area contributed by atoms with Crippen LogP contribution in [0.25, 0.3) is 0 Å². The average molecular weight is 312 g/mol. The maximum Gasteiger partial charge on any atom is 0.277 e. The van der Waals surface area contributed by atoms with Crippen LogP contribution in [0.4, 0.5) is 0 Å². The molecular weight excluding hydrogens is 292 g/mol. The largest absolute Gasteiger partial charge is 0.507 e. The fourth-order valence-electron chi connectivity index (χ4n) is 2.02. The van der Waals surface area contributed by atoms with E-state index < -0.39 is 0 Å². The highest BCUT2D eigenvalue weighted by Gasteiger charge is 2.05. The molecule has 120 valence electrons. The van der Waals surface area contributed by atoms with Crippen LogP contribution in [0.3, 0.4) is 0 Å². The summed E-state index contributed by atoms with van der Waals surface area (Å²) in [5.41, 5.74) is 5.78. The van der Waals surface area contributed by atoms with Crippen molar-refractivity contribution in [1.29, 1.82) is 0 Å². The lowest BCUT2D eigenvalue weighted by Gasteiger charge is -2.09. The number of hydrogen-bond acceptors (Lipinski definition) is 4. The van der Waals surface area contributed by atoms with Gasteiger partial charge in [0, 0.05) is 5.56 Å². The van der Waals surface area contributed by atoms with Gasteiger partial charge in [-0.3, -0.25) is 4.79 Å². The minimum Gasteiger partial charge on any atom is -0.507 e. The first-order chi connectivity index (χ1) is 11.0. The van der Waals surface area contributed by atoms with Crippen molar-refractivity contribution < 1.29 is 14.6 Å². The third kappa shape index (κ3) is 4.32. The zero-order valence-electron chi connectivity index (χ0n) is 13.5. The standard InChI is InChI=1S/C18H20N2O3/c1-12-6-5-9-16(14(12)3)23-11-17(21)20-19-10-15-8-4-7-13(2)18(15)22/h4-10,22H,11H2,1-3H3,(H,20,21)/b19-10-. The third-order valence-corrected chi connectivity index (χ3v) is 3.58. The van der Waals surface area contributed by atoms with E-state index in [1.165, 1.54) is 6.21 Å². The van der Waals surface area contributed by atoms with Crippen molar-refractivity contribution in [2.75, 3.05) is 6.61 Å². The van der Waals surface area contributed by atoms with E-state index in [9.17, 15) is 9.90 Å². The van der Waals surface area contributed by atoms with Crippen molar-refractivity contribution in [2.24, 2.45) is 5.10 Å². The highest BCUT2D eigenvalue weighted by Crippen LogP contribution is 2.20. The number of hydrogen-bond donors (Lipinski definition) is 2. The van der Waals surface area contributed by atoms with Gasteiger partial charge in [-0.15, -0.1) is 0 Å². The van der Waals surface area contributed by atoms with E-state index in [1.54, 1.807) is 19.1 Å². The van der Waals surface area contributed by atoms with Crippen molar-refractivity contribution in [3.05, 3.63) is 58.7 Å². The highest BCUT2D eigenvalue weighted by atomic mass is 16.5. The Balaban J connectivity index is 1.89. The molecule has 2 aromatic carbocycles. The fourth-order valence-corrected chi connectivity index (χ4v) is 2.02. The zero-order chi connectivity index (χ0) is 16.8. The number of ether oxygens (including phenoxy) is 1. The van der Waals surface area contributed by atoms with Gasteiger partial charge < -0.3 is 9.84 Å². The molecule has 0 aromatic heterocycles. The molecule has 5 nitrogen and oxygen atoms in total. The van der Waals surface area contributed by atoms with Gasteiger partial charge in [0.05, 0.1) is 6.21 Å². The van der Waals surface area contributed by atoms with Gasteiger partial charge in [-0.05, 0) is 49.6 Å². The van der Waals surface area contributed by atoms with Crippen LogP contribution in [0.1, 0.15) is 22.3 Å². The molecule has 0 unspecified atom stereocenters. The number of para-hydroxylation sites is 1. The van der Waals surface area contributed by atoms with Crippen molar-refractivity contribution in [1.82, 2.24) is 5.43 Å². The molecule has 0 fully saturated rings.